The third kappa shape index (κ3) is 13.6. The van der Waals surface area contributed by atoms with Gasteiger partial charge in [-0.1, -0.05) is 236 Å². The van der Waals surface area contributed by atoms with Crippen LogP contribution in [0.5, 0.6) is 0 Å². The fourth-order valence-corrected chi connectivity index (χ4v) is 11.0. The number of rotatable bonds is 12. The van der Waals surface area contributed by atoms with Gasteiger partial charge >= 0.3 is 0 Å². The first kappa shape index (κ1) is 48.5. The van der Waals surface area contributed by atoms with E-state index in [0.29, 0.717) is 0 Å². The molecule has 3 saturated carbocycles. The Bertz CT molecular complexity index is 2330. The third-order valence-electron chi connectivity index (χ3n) is 15.6. The van der Waals surface area contributed by atoms with Gasteiger partial charge in [-0.2, -0.15) is 0 Å². The van der Waals surface area contributed by atoms with Crippen LogP contribution in [-0.4, -0.2) is 0 Å². The molecule has 0 aromatic heterocycles. The Morgan fingerprint density at radius 3 is 0.864 bits per heavy atom. The largest absolute Gasteiger partial charge is 0.0985 e. The molecule has 6 aromatic rings. The monoisotopic (exact) mass is 871 g/mol. The van der Waals surface area contributed by atoms with E-state index in [4.69, 9.17) is 0 Å². The van der Waals surface area contributed by atoms with Gasteiger partial charge in [-0.15, -0.1) is 0 Å². The summed E-state index contributed by atoms with van der Waals surface area (Å²) in [4.78, 5) is 0. The fraction of sp³-hybridized carbons (Fsp3) is 0.364. The molecule has 0 amide bonds. The highest BCUT2D eigenvalue weighted by atomic mass is 14.3. The van der Waals surface area contributed by atoms with Crippen LogP contribution >= 0.6 is 0 Å². The quantitative estimate of drug-likeness (QED) is 0.115. The van der Waals surface area contributed by atoms with Crippen molar-refractivity contribution in [3.8, 4) is 33.4 Å². The van der Waals surface area contributed by atoms with Crippen LogP contribution < -0.4 is 0 Å². The fourth-order valence-electron chi connectivity index (χ4n) is 11.0. The summed E-state index contributed by atoms with van der Waals surface area (Å²) < 4.78 is 0. The zero-order chi connectivity index (χ0) is 46.1. The van der Waals surface area contributed by atoms with Gasteiger partial charge in [-0.25, -0.2) is 0 Å². The van der Waals surface area contributed by atoms with Crippen LogP contribution in [0, 0.1) is 17.8 Å². The predicted molar refractivity (Wildman–Crippen MR) is 291 cm³/mol. The molecule has 3 aliphatic carbocycles. The van der Waals surface area contributed by atoms with Gasteiger partial charge in [0.25, 0.3) is 0 Å². The van der Waals surface area contributed by atoms with E-state index >= 15 is 0 Å². The minimum absolute atomic E-state index is 0.776. The third-order valence-corrected chi connectivity index (χ3v) is 15.6. The lowest BCUT2D eigenvalue weighted by Crippen LogP contribution is -2.13. The summed E-state index contributed by atoms with van der Waals surface area (Å²) in [6, 6.07) is 53.6. The maximum Gasteiger partial charge on any atom is -0.0162 e. The molecule has 342 valence electrons. The summed E-state index contributed by atoms with van der Waals surface area (Å²) in [5.74, 6) is 5.21. The Morgan fingerprint density at radius 1 is 0.348 bits per heavy atom. The molecule has 9 rings (SSSR count). The van der Waals surface area contributed by atoms with Crippen molar-refractivity contribution in [1.29, 1.82) is 0 Å². The van der Waals surface area contributed by atoms with Crippen molar-refractivity contribution in [3.05, 3.63) is 199 Å². The zero-order valence-corrected chi connectivity index (χ0v) is 40.8. The summed E-state index contributed by atoms with van der Waals surface area (Å²) in [5.41, 5.74) is 15.9. The van der Waals surface area contributed by atoms with Crippen LogP contribution in [0.2, 0.25) is 0 Å². The highest BCUT2D eigenvalue weighted by Gasteiger charge is 2.23. The van der Waals surface area contributed by atoms with Gasteiger partial charge < -0.3 is 0 Å². The molecule has 0 atom stereocenters. The topological polar surface area (TPSA) is 0 Å². The zero-order valence-electron chi connectivity index (χ0n) is 40.8. The Kier molecular flexibility index (Phi) is 18.3. The molecular weight excluding hydrogens is 793 g/mol. The summed E-state index contributed by atoms with van der Waals surface area (Å²) >= 11 is 0. The second-order valence-corrected chi connectivity index (χ2v) is 19.9. The highest BCUT2D eigenvalue weighted by Crippen LogP contribution is 2.40. The Morgan fingerprint density at radius 2 is 0.606 bits per heavy atom. The van der Waals surface area contributed by atoms with Crippen molar-refractivity contribution in [1.82, 2.24) is 0 Å². The van der Waals surface area contributed by atoms with E-state index in [-0.39, 0.29) is 0 Å². The maximum atomic E-state index is 3.81. The molecule has 0 nitrogen and oxygen atoms in total. The Hall–Kier alpha value is -5.46. The maximum absolute atomic E-state index is 3.81. The van der Waals surface area contributed by atoms with E-state index in [9.17, 15) is 0 Å². The van der Waals surface area contributed by atoms with E-state index in [2.05, 4.69) is 186 Å². The Labute approximate surface area is 401 Å². The SMILES string of the molecule is C=Cc1ccc(-c2ccc(C3CCC(C)CC3)cc2)cc1.C=Cc1ccc(-c2ccc(C3CCC(CC)CC3)cc2)cc1.C=Cc1ccc(-c2ccc(C3CCC(CCC)CC3)cc2)cc1. The lowest BCUT2D eigenvalue weighted by Gasteiger charge is -2.28. The van der Waals surface area contributed by atoms with Crippen LogP contribution in [0.25, 0.3) is 51.6 Å². The van der Waals surface area contributed by atoms with Crippen LogP contribution in [0.15, 0.2) is 165 Å². The second-order valence-electron chi connectivity index (χ2n) is 19.9. The van der Waals surface area contributed by atoms with Crippen LogP contribution in [0.4, 0.5) is 0 Å². The first-order valence-corrected chi connectivity index (χ1v) is 25.8. The van der Waals surface area contributed by atoms with Crippen molar-refractivity contribution in [3.63, 3.8) is 0 Å². The standard InChI is InChI=1S/C23H28.C22H26.C21H24/c1-3-5-19-8-12-21(13-9-19)23-16-14-22(15-17-23)20-10-6-18(4-2)7-11-20;1-3-17-5-9-19(10-6-17)21-13-15-22(16-14-21)20-11-7-18(4-2)8-12-20;1-3-17-6-10-19(11-7-17)21-14-12-20(13-15-21)18-8-4-16(2)5-9-18/h4,6-7,10-11,14-17,19,21H,2-3,5,8-9,12-13H2,1H3;3,5-6,9-10,13-16,18,20H,1,4,7-8,11-12H2,2H3;3,6-7,10-16,18H,1,4-5,8-9H2,2H3. The summed E-state index contributed by atoms with van der Waals surface area (Å²) in [6.07, 6.45) is 26.4. The van der Waals surface area contributed by atoms with E-state index in [1.807, 2.05) is 18.2 Å². The lowest BCUT2D eigenvalue weighted by atomic mass is 9.77. The molecule has 0 saturated heterocycles. The van der Waals surface area contributed by atoms with E-state index in [1.165, 1.54) is 163 Å². The molecular formula is C66H78. The van der Waals surface area contributed by atoms with Gasteiger partial charge in [0, 0.05) is 0 Å². The lowest BCUT2D eigenvalue weighted by molar-refractivity contribution is 0.308. The highest BCUT2D eigenvalue weighted by molar-refractivity contribution is 5.68. The van der Waals surface area contributed by atoms with E-state index in [1.54, 1.807) is 0 Å². The molecule has 3 aliphatic rings. The number of hydrogen-bond donors (Lipinski definition) is 0. The van der Waals surface area contributed by atoms with E-state index < -0.39 is 0 Å². The van der Waals surface area contributed by atoms with Crippen molar-refractivity contribution in [2.24, 2.45) is 17.8 Å². The van der Waals surface area contributed by atoms with Crippen LogP contribution in [0.1, 0.15) is 168 Å². The molecule has 6 aromatic carbocycles. The van der Waals surface area contributed by atoms with Crippen molar-refractivity contribution in [2.75, 3.05) is 0 Å². The van der Waals surface area contributed by atoms with Crippen molar-refractivity contribution < 1.29 is 0 Å². The van der Waals surface area contributed by atoms with Gasteiger partial charge in [0.2, 0.25) is 0 Å². The van der Waals surface area contributed by atoms with Crippen LogP contribution in [-0.2, 0) is 0 Å². The molecule has 0 aliphatic heterocycles. The molecule has 0 heterocycles. The predicted octanol–water partition coefficient (Wildman–Crippen LogP) is 20.0. The minimum atomic E-state index is 0.776. The molecule has 3 fully saturated rings. The minimum Gasteiger partial charge on any atom is -0.0985 e. The number of hydrogen-bond acceptors (Lipinski definition) is 0. The summed E-state index contributed by atoms with van der Waals surface area (Å²) in [5, 5.41) is 0. The molecule has 0 unspecified atom stereocenters. The van der Waals surface area contributed by atoms with Crippen molar-refractivity contribution >= 4 is 18.2 Å². The summed E-state index contributed by atoms with van der Waals surface area (Å²) in [7, 11) is 0. The Balaban J connectivity index is 0.000000147. The first-order valence-electron chi connectivity index (χ1n) is 25.8. The molecule has 0 heteroatoms. The van der Waals surface area contributed by atoms with Gasteiger partial charge in [0.05, 0.1) is 0 Å². The molecule has 0 radical (unpaired) electrons. The molecule has 0 spiro atoms. The average Bonchev–Trinajstić information content (AvgIpc) is 3.40. The van der Waals surface area contributed by atoms with Crippen molar-refractivity contribution in [2.45, 2.75) is 135 Å². The van der Waals surface area contributed by atoms with Gasteiger partial charge in [-0.3, -0.25) is 0 Å². The average molecular weight is 871 g/mol. The normalized spacial score (nSPS) is 21.5. The molecule has 0 bridgehead atoms. The summed E-state index contributed by atoms with van der Waals surface area (Å²) in [6.45, 7) is 18.4. The number of benzene rings is 6. The first-order chi connectivity index (χ1) is 32.4. The second kappa shape index (κ2) is 24.9. The molecule has 0 N–H and O–H groups in total. The van der Waals surface area contributed by atoms with E-state index in [0.717, 1.165) is 35.5 Å². The van der Waals surface area contributed by atoms with Gasteiger partial charge in [-0.05, 0) is 166 Å². The van der Waals surface area contributed by atoms with Crippen LogP contribution in [0.3, 0.4) is 0 Å². The van der Waals surface area contributed by atoms with Gasteiger partial charge in [0.15, 0.2) is 0 Å². The van der Waals surface area contributed by atoms with Gasteiger partial charge in [0.1, 0.15) is 0 Å². The molecule has 66 heavy (non-hydrogen) atoms. The smallest absolute Gasteiger partial charge is 0.0162 e.